The van der Waals surface area contributed by atoms with Crippen LogP contribution in [0.2, 0.25) is 0 Å². The Morgan fingerprint density at radius 3 is 1.16 bits per heavy atom. The van der Waals surface area contributed by atoms with Gasteiger partial charge < -0.3 is 34.7 Å². The molecule has 0 atom stereocenters. The molecule has 0 saturated carbocycles. The number of hydrogen-bond acceptors (Lipinski definition) is 6. The van der Waals surface area contributed by atoms with Crippen LogP contribution in [0.4, 0.5) is 0 Å². The molecule has 0 aromatic carbocycles. The molecular formula is C24H50O4S2Sn. The van der Waals surface area contributed by atoms with Crippen molar-refractivity contribution in [2.75, 3.05) is 24.7 Å². The van der Waals surface area contributed by atoms with Gasteiger partial charge in [-0.25, -0.2) is 0 Å². The van der Waals surface area contributed by atoms with Crippen molar-refractivity contribution < 1.29 is 19.1 Å². The van der Waals surface area contributed by atoms with Crippen molar-refractivity contribution in [3.63, 3.8) is 0 Å². The van der Waals surface area contributed by atoms with E-state index in [1.807, 2.05) is 0 Å². The number of carbonyl (C=O) groups excluding carboxylic acids is 2. The maximum absolute atomic E-state index is 11.0. The normalized spacial score (nSPS) is 9.16. The first-order valence-electron chi connectivity index (χ1n) is 11.1. The fraction of sp³-hybridized carbons (Fsp3) is 0.917. The van der Waals surface area contributed by atoms with Crippen molar-refractivity contribution in [2.45, 2.75) is 119 Å². The van der Waals surface area contributed by atoms with Crippen molar-refractivity contribution in [1.29, 1.82) is 0 Å². The molecule has 0 bridgehead atoms. The number of esters is 2. The summed E-state index contributed by atoms with van der Waals surface area (Å²) in [5.41, 5.74) is 0. The van der Waals surface area contributed by atoms with E-state index in [2.05, 4.69) is 39.1 Å². The minimum atomic E-state index is -0.0923. The molecule has 0 aliphatic rings. The summed E-state index contributed by atoms with van der Waals surface area (Å²) < 4.78 is 9.75. The maximum atomic E-state index is 11.0. The van der Waals surface area contributed by atoms with Crippen LogP contribution in [0.15, 0.2) is 0 Å². The molecule has 0 spiro atoms. The molecule has 0 saturated heterocycles. The second-order valence-electron chi connectivity index (χ2n) is 6.88. The third-order valence-corrected chi connectivity index (χ3v) is 4.50. The van der Waals surface area contributed by atoms with Gasteiger partial charge in [0, 0.05) is 12.8 Å². The summed E-state index contributed by atoms with van der Waals surface area (Å²) in [6.07, 6.45) is 15.5. The zero-order chi connectivity index (χ0) is 21.3. The standard InChI is InChI=1S/2C11H22O2S.2CH4.Sn/c2*1-2-3-4-5-6-7-8-11(12)13-9-10-14;;;/h2*14H,2-10H2,1H3;2*1H4;/q;;;;+2/p-2. The Kier molecular flexibility index (Phi) is 50.7. The van der Waals surface area contributed by atoms with E-state index in [1.165, 1.54) is 51.4 Å². The van der Waals surface area contributed by atoms with Crippen molar-refractivity contribution in [3.8, 4) is 0 Å². The van der Waals surface area contributed by atoms with Crippen LogP contribution in [0, 0.1) is 0 Å². The largest absolute Gasteiger partial charge is 2.00 e. The van der Waals surface area contributed by atoms with Crippen LogP contribution in [0.3, 0.4) is 0 Å². The van der Waals surface area contributed by atoms with Gasteiger partial charge in [-0.1, -0.05) is 92.9 Å². The molecule has 0 N–H and O–H groups in total. The predicted molar refractivity (Wildman–Crippen MR) is 142 cm³/mol. The molecule has 0 fully saturated rings. The Morgan fingerprint density at radius 1 is 0.581 bits per heavy atom. The maximum Gasteiger partial charge on any atom is 2.00 e. The molecule has 0 aromatic rings. The molecule has 0 unspecified atom stereocenters. The van der Waals surface area contributed by atoms with Gasteiger partial charge in [-0.3, -0.25) is 9.59 Å². The van der Waals surface area contributed by atoms with Gasteiger partial charge in [-0.15, -0.1) is 11.5 Å². The second-order valence-corrected chi connectivity index (χ2v) is 7.70. The van der Waals surface area contributed by atoms with Crippen LogP contribution in [0.5, 0.6) is 0 Å². The van der Waals surface area contributed by atoms with Gasteiger partial charge in [0.25, 0.3) is 0 Å². The van der Waals surface area contributed by atoms with Crippen LogP contribution in [-0.4, -0.2) is 60.6 Å². The summed E-state index contributed by atoms with van der Waals surface area (Å²) in [5.74, 6) is 0.820. The zero-order valence-electron chi connectivity index (χ0n) is 18.7. The summed E-state index contributed by atoms with van der Waals surface area (Å²) >= 11 is 9.35. The summed E-state index contributed by atoms with van der Waals surface area (Å²) in [6, 6.07) is 0. The minimum Gasteiger partial charge on any atom is -0.789 e. The monoisotopic (exact) mass is 586 g/mol. The Morgan fingerprint density at radius 2 is 0.871 bits per heavy atom. The molecule has 0 heterocycles. The average Bonchev–Trinajstić information content (AvgIpc) is 2.70. The van der Waals surface area contributed by atoms with E-state index in [-0.39, 0.29) is 50.7 Å². The van der Waals surface area contributed by atoms with Gasteiger partial charge in [-0.05, 0) is 12.8 Å². The molecule has 31 heavy (non-hydrogen) atoms. The molecular weight excluding hydrogens is 535 g/mol. The first-order chi connectivity index (χ1) is 13.6. The second kappa shape index (κ2) is 37.7. The molecule has 0 aromatic heterocycles. The van der Waals surface area contributed by atoms with Crippen LogP contribution >= 0.6 is 0 Å². The van der Waals surface area contributed by atoms with Crippen LogP contribution < -0.4 is 0 Å². The fourth-order valence-corrected chi connectivity index (χ4v) is 2.72. The third-order valence-electron chi connectivity index (χ3n) is 4.16. The molecule has 0 amide bonds. The van der Waals surface area contributed by atoms with Crippen molar-refractivity contribution in [2.24, 2.45) is 0 Å². The first kappa shape index (κ1) is 41.7. The zero-order valence-corrected chi connectivity index (χ0v) is 23.2. The van der Waals surface area contributed by atoms with Crippen molar-refractivity contribution >= 4 is 61.1 Å². The van der Waals surface area contributed by atoms with Crippen molar-refractivity contribution in [1.82, 2.24) is 0 Å². The quantitative estimate of drug-likeness (QED) is 0.0788. The van der Waals surface area contributed by atoms with E-state index in [0.717, 1.165) is 25.7 Å². The Bertz CT molecular complexity index is 314. The molecule has 7 heteroatoms. The number of carbonyl (C=O) groups is 2. The molecule has 186 valence electrons. The summed E-state index contributed by atoms with van der Waals surface area (Å²) in [6.45, 7) is 5.19. The topological polar surface area (TPSA) is 52.6 Å². The van der Waals surface area contributed by atoms with Crippen molar-refractivity contribution in [3.05, 3.63) is 0 Å². The molecule has 0 rings (SSSR count). The van der Waals surface area contributed by atoms with Gasteiger partial charge in [-0.2, -0.15) is 0 Å². The molecule has 2 radical (unpaired) electrons. The van der Waals surface area contributed by atoms with Gasteiger partial charge in [0.2, 0.25) is 0 Å². The predicted octanol–water partition coefficient (Wildman–Crippen LogP) is 6.55. The summed E-state index contributed by atoms with van der Waals surface area (Å²) in [5, 5.41) is 0. The van der Waals surface area contributed by atoms with Crippen LogP contribution in [0.25, 0.3) is 0 Å². The molecule has 4 nitrogen and oxygen atoms in total. The van der Waals surface area contributed by atoms with Gasteiger partial charge in [0.05, 0.1) is 13.2 Å². The Hall–Kier alpha value is 0.439. The van der Waals surface area contributed by atoms with Crippen LogP contribution in [0.1, 0.15) is 119 Å². The SMILES string of the molecule is C.C.CCCCCCCCC(=O)OCC[S-].CCCCCCCCC(=O)OCC[S-].[Sn+2]. The first-order valence-corrected chi connectivity index (χ1v) is 12.2. The number of rotatable bonds is 18. The molecule has 0 aliphatic carbocycles. The van der Waals surface area contributed by atoms with Gasteiger partial charge in [0.15, 0.2) is 0 Å². The Balaban J connectivity index is -0.000000133. The average molecular weight is 586 g/mol. The Labute approximate surface area is 222 Å². The fourth-order valence-electron chi connectivity index (χ4n) is 2.55. The summed E-state index contributed by atoms with van der Waals surface area (Å²) in [4.78, 5) is 22.0. The van der Waals surface area contributed by atoms with E-state index in [9.17, 15) is 9.59 Å². The van der Waals surface area contributed by atoms with E-state index in [1.54, 1.807) is 0 Å². The molecule has 0 aliphatic heterocycles. The smallest absolute Gasteiger partial charge is 0.789 e. The van der Waals surface area contributed by atoms with E-state index >= 15 is 0 Å². The third kappa shape index (κ3) is 41.2. The number of ether oxygens (including phenoxy) is 2. The number of hydrogen-bond donors (Lipinski definition) is 0. The van der Waals surface area contributed by atoms with Gasteiger partial charge in [0.1, 0.15) is 0 Å². The summed E-state index contributed by atoms with van der Waals surface area (Å²) in [7, 11) is 0. The van der Waals surface area contributed by atoms with E-state index < -0.39 is 0 Å². The van der Waals surface area contributed by atoms with E-state index in [4.69, 9.17) is 9.47 Å². The van der Waals surface area contributed by atoms with Crippen LogP contribution in [-0.2, 0) is 44.3 Å². The minimum absolute atomic E-state index is 0. The van der Waals surface area contributed by atoms with E-state index in [0.29, 0.717) is 37.6 Å². The van der Waals surface area contributed by atoms with Gasteiger partial charge >= 0.3 is 35.8 Å². The number of unbranched alkanes of at least 4 members (excludes halogenated alkanes) is 10.